The van der Waals surface area contributed by atoms with Crippen LogP contribution in [0, 0.1) is 6.92 Å². The molecule has 0 fully saturated rings. The molecule has 0 amide bonds. The topological polar surface area (TPSA) is 39.4 Å². The van der Waals surface area contributed by atoms with E-state index in [1.54, 1.807) is 19.1 Å². The summed E-state index contributed by atoms with van der Waals surface area (Å²) in [6.45, 7) is 1.79. The van der Waals surface area contributed by atoms with Crippen molar-refractivity contribution in [3.63, 3.8) is 0 Å². The minimum absolute atomic E-state index is 0.211. The van der Waals surface area contributed by atoms with Crippen molar-refractivity contribution in [2.24, 2.45) is 0 Å². The van der Waals surface area contributed by atoms with Crippen molar-refractivity contribution in [2.75, 3.05) is 7.11 Å². The SMILES string of the molecule is COC(=O)c1oc(-c2ccccc2Cl)cc1C. The van der Waals surface area contributed by atoms with E-state index in [1.807, 2.05) is 18.2 Å². The van der Waals surface area contributed by atoms with Gasteiger partial charge in [-0.1, -0.05) is 23.7 Å². The summed E-state index contributed by atoms with van der Waals surface area (Å²) in [5, 5.41) is 0.581. The molecule has 0 aliphatic carbocycles. The number of halogens is 1. The number of aryl methyl sites for hydroxylation is 1. The van der Waals surface area contributed by atoms with Crippen LogP contribution in [0.2, 0.25) is 5.02 Å². The molecule has 17 heavy (non-hydrogen) atoms. The van der Waals surface area contributed by atoms with Gasteiger partial charge in [0.05, 0.1) is 12.1 Å². The van der Waals surface area contributed by atoms with Gasteiger partial charge in [-0.2, -0.15) is 0 Å². The van der Waals surface area contributed by atoms with E-state index in [4.69, 9.17) is 16.0 Å². The van der Waals surface area contributed by atoms with Crippen LogP contribution in [-0.4, -0.2) is 13.1 Å². The van der Waals surface area contributed by atoms with Gasteiger partial charge in [0.1, 0.15) is 5.76 Å². The van der Waals surface area contributed by atoms with Crippen LogP contribution >= 0.6 is 11.6 Å². The van der Waals surface area contributed by atoms with E-state index in [9.17, 15) is 4.79 Å². The first-order chi connectivity index (χ1) is 8.13. The van der Waals surface area contributed by atoms with Gasteiger partial charge in [-0.15, -0.1) is 0 Å². The van der Waals surface area contributed by atoms with Crippen molar-refractivity contribution in [2.45, 2.75) is 6.92 Å². The van der Waals surface area contributed by atoms with E-state index in [0.29, 0.717) is 10.8 Å². The first kappa shape index (κ1) is 11.7. The van der Waals surface area contributed by atoms with E-state index < -0.39 is 5.97 Å². The van der Waals surface area contributed by atoms with Crippen LogP contribution in [0.3, 0.4) is 0 Å². The van der Waals surface area contributed by atoms with Gasteiger partial charge in [0.15, 0.2) is 0 Å². The second-order valence-electron chi connectivity index (χ2n) is 3.59. The summed E-state index contributed by atoms with van der Waals surface area (Å²) in [7, 11) is 1.32. The quantitative estimate of drug-likeness (QED) is 0.763. The fraction of sp³-hybridized carbons (Fsp3) is 0.154. The van der Waals surface area contributed by atoms with Crippen molar-refractivity contribution in [3.8, 4) is 11.3 Å². The van der Waals surface area contributed by atoms with Crippen LogP contribution in [0.15, 0.2) is 34.7 Å². The average molecular weight is 251 g/mol. The molecule has 0 saturated carbocycles. The number of rotatable bonds is 2. The Balaban J connectivity index is 2.49. The number of hydrogen-bond acceptors (Lipinski definition) is 3. The largest absolute Gasteiger partial charge is 0.463 e. The normalized spacial score (nSPS) is 10.3. The molecule has 3 nitrogen and oxygen atoms in total. The fourth-order valence-corrected chi connectivity index (χ4v) is 1.80. The van der Waals surface area contributed by atoms with Crippen molar-refractivity contribution in [1.29, 1.82) is 0 Å². The maximum atomic E-state index is 11.4. The number of furan rings is 1. The molecule has 2 rings (SSSR count). The molecule has 0 unspecified atom stereocenters. The van der Waals surface area contributed by atoms with E-state index in [2.05, 4.69) is 4.74 Å². The zero-order chi connectivity index (χ0) is 12.4. The number of benzene rings is 1. The highest BCUT2D eigenvalue weighted by Crippen LogP contribution is 2.31. The maximum Gasteiger partial charge on any atom is 0.374 e. The van der Waals surface area contributed by atoms with E-state index in [1.165, 1.54) is 7.11 Å². The van der Waals surface area contributed by atoms with Gasteiger partial charge in [-0.3, -0.25) is 0 Å². The van der Waals surface area contributed by atoms with Crippen molar-refractivity contribution in [3.05, 3.63) is 46.7 Å². The first-order valence-corrected chi connectivity index (χ1v) is 5.45. The van der Waals surface area contributed by atoms with Crippen LogP contribution in [0.4, 0.5) is 0 Å². The van der Waals surface area contributed by atoms with Gasteiger partial charge < -0.3 is 9.15 Å². The van der Waals surface area contributed by atoms with Gasteiger partial charge in [0, 0.05) is 11.1 Å². The molecular weight excluding hydrogens is 240 g/mol. The van der Waals surface area contributed by atoms with Crippen molar-refractivity contribution in [1.82, 2.24) is 0 Å². The molecule has 4 heteroatoms. The second-order valence-corrected chi connectivity index (χ2v) is 4.00. The second kappa shape index (κ2) is 4.63. The molecular formula is C13H11ClO3. The molecule has 1 aromatic carbocycles. The highest BCUT2D eigenvalue weighted by molar-refractivity contribution is 6.33. The van der Waals surface area contributed by atoms with E-state index in [0.717, 1.165) is 11.1 Å². The van der Waals surface area contributed by atoms with Crippen molar-refractivity contribution >= 4 is 17.6 Å². The highest BCUT2D eigenvalue weighted by Gasteiger charge is 2.17. The lowest BCUT2D eigenvalue weighted by Crippen LogP contribution is -2.00. The first-order valence-electron chi connectivity index (χ1n) is 5.07. The molecule has 2 aromatic rings. The van der Waals surface area contributed by atoms with Gasteiger partial charge in [-0.05, 0) is 25.1 Å². The van der Waals surface area contributed by atoms with Crippen LogP contribution in [0.5, 0.6) is 0 Å². The number of methoxy groups -OCH3 is 1. The molecule has 0 aliphatic heterocycles. The number of carbonyl (C=O) groups excluding carboxylic acids is 1. The van der Waals surface area contributed by atoms with Crippen molar-refractivity contribution < 1.29 is 13.9 Å². The molecule has 0 spiro atoms. The Morgan fingerprint density at radius 3 is 2.71 bits per heavy atom. The van der Waals surface area contributed by atoms with Gasteiger partial charge in [0.2, 0.25) is 5.76 Å². The molecule has 1 heterocycles. The predicted molar refractivity (Wildman–Crippen MR) is 65.2 cm³/mol. The lowest BCUT2D eigenvalue weighted by molar-refractivity contribution is 0.0565. The Kier molecular flexibility index (Phi) is 3.20. The molecule has 0 radical (unpaired) electrons. The van der Waals surface area contributed by atoms with E-state index in [-0.39, 0.29) is 5.76 Å². The number of esters is 1. The Morgan fingerprint density at radius 1 is 1.35 bits per heavy atom. The van der Waals surface area contributed by atoms with Crippen LogP contribution in [0.25, 0.3) is 11.3 Å². The third-order valence-electron chi connectivity index (χ3n) is 2.43. The number of ether oxygens (including phenoxy) is 1. The third-order valence-corrected chi connectivity index (χ3v) is 2.76. The summed E-state index contributed by atoms with van der Waals surface area (Å²) in [5.41, 5.74) is 1.49. The number of carbonyl (C=O) groups is 1. The summed E-state index contributed by atoms with van der Waals surface area (Å²) in [5.74, 6) is 0.289. The molecule has 0 bridgehead atoms. The Hall–Kier alpha value is -1.74. The minimum atomic E-state index is -0.485. The molecule has 0 N–H and O–H groups in total. The summed E-state index contributed by atoms with van der Waals surface area (Å²) in [4.78, 5) is 11.4. The third kappa shape index (κ3) is 2.19. The standard InChI is InChI=1S/C13H11ClO3/c1-8-7-11(17-12(8)13(15)16-2)9-5-3-4-6-10(9)14/h3-7H,1-2H3. The lowest BCUT2D eigenvalue weighted by Gasteiger charge is -1.99. The Labute approximate surface area is 104 Å². The van der Waals surface area contributed by atoms with Gasteiger partial charge in [-0.25, -0.2) is 4.79 Å². The smallest absolute Gasteiger partial charge is 0.374 e. The average Bonchev–Trinajstić information content (AvgIpc) is 2.71. The monoisotopic (exact) mass is 250 g/mol. The summed E-state index contributed by atoms with van der Waals surface area (Å²) < 4.78 is 10.1. The van der Waals surface area contributed by atoms with Gasteiger partial charge >= 0.3 is 5.97 Å². The Bertz CT molecular complexity index is 558. The van der Waals surface area contributed by atoms with E-state index >= 15 is 0 Å². The zero-order valence-electron chi connectivity index (χ0n) is 9.49. The zero-order valence-corrected chi connectivity index (χ0v) is 10.2. The molecule has 88 valence electrons. The predicted octanol–water partition coefficient (Wildman–Crippen LogP) is 3.70. The molecule has 0 atom stereocenters. The fourth-order valence-electron chi connectivity index (χ4n) is 1.57. The molecule has 0 aliphatic rings. The summed E-state index contributed by atoms with van der Waals surface area (Å²) in [6.07, 6.45) is 0. The minimum Gasteiger partial charge on any atom is -0.463 e. The Morgan fingerprint density at radius 2 is 2.06 bits per heavy atom. The number of hydrogen-bond donors (Lipinski definition) is 0. The van der Waals surface area contributed by atoms with Crippen LogP contribution in [0.1, 0.15) is 16.1 Å². The van der Waals surface area contributed by atoms with Gasteiger partial charge in [0.25, 0.3) is 0 Å². The lowest BCUT2D eigenvalue weighted by atomic mass is 10.1. The van der Waals surface area contributed by atoms with Crippen LogP contribution in [-0.2, 0) is 4.74 Å². The summed E-state index contributed by atoms with van der Waals surface area (Å²) in [6, 6.07) is 9.07. The highest BCUT2D eigenvalue weighted by atomic mass is 35.5. The molecule has 0 saturated heterocycles. The van der Waals surface area contributed by atoms with Crippen LogP contribution < -0.4 is 0 Å². The maximum absolute atomic E-state index is 11.4. The molecule has 1 aromatic heterocycles. The summed E-state index contributed by atoms with van der Waals surface area (Å²) >= 11 is 6.06.